The molecule has 2 aromatic rings. The van der Waals surface area contributed by atoms with Gasteiger partial charge in [0.05, 0.1) is 13.2 Å². The lowest BCUT2D eigenvalue weighted by Gasteiger charge is -1.99. The Kier molecular flexibility index (Phi) is 3.57. The highest BCUT2D eigenvalue weighted by Crippen LogP contribution is 2.30. The van der Waals surface area contributed by atoms with E-state index in [0.717, 1.165) is 12.1 Å². The van der Waals surface area contributed by atoms with E-state index in [1.165, 1.54) is 6.07 Å². The van der Waals surface area contributed by atoms with E-state index in [2.05, 4.69) is 4.98 Å². The maximum atomic E-state index is 13.5. The number of hydrogen-bond donors (Lipinski definition) is 1. The zero-order chi connectivity index (χ0) is 13.1. The van der Waals surface area contributed by atoms with Gasteiger partial charge in [0, 0.05) is 0 Å². The zero-order valence-electron chi connectivity index (χ0n) is 9.61. The van der Waals surface area contributed by atoms with Crippen LogP contribution in [0, 0.1) is 11.6 Å². The fraction of sp³-hybridized carbons (Fsp3) is 0.250. The molecule has 0 unspecified atom stereocenters. The van der Waals surface area contributed by atoms with Gasteiger partial charge in [-0.15, -0.1) is 0 Å². The van der Waals surface area contributed by atoms with E-state index in [-0.39, 0.29) is 23.1 Å². The van der Waals surface area contributed by atoms with Gasteiger partial charge in [0.2, 0.25) is 5.89 Å². The van der Waals surface area contributed by atoms with Crippen molar-refractivity contribution in [2.45, 2.75) is 13.5 Å². The Labute approximate surface area is 102 Å². The zero-order valence-corrected chi connectivity index (χ0v) is 9.61. The van der Waals surface area contributed by atoms with Crippen LogP contribution in [0.1, 0.15) is 12.6 Å². The van der Waals surface area contributed by atoms with E-state index in [1.54, 1.807) is 6.92 Å². The molecule has 0 aliphatic carbocycles. The van der Waals surface area contributed by atoms with Crippen LogP contribution < -0.4 is 4.74 Å². The molecule has 0 radical (unpaired) electrons. The quantitative estimate of drug-likeness (QED) is 0.912. The second kappa shape index (κ2) is 5.14. The SMILES string of the molecule is CCOc1oc(-c2c(F)cccc2F)nc1CO. The molecule has 1 N–H and O–H groups in total. The minimum absolute atomic E-state index is 0.0300. The molecule has 1 aromatic heterocycles. The molecule has 0 bridgehead atoms. The van der Waals surface area contributed by atoms with Gasteiger partial charge >= 0.3 is 5.95 Å². The number of oxazole rings is 1. The van der Waals surface area contributed by atoms with Crippen molar-refractivity contribution in [3.05, 3.63) is 35.5 Å². The maximum Gasteiger partial charge on any atom is 0.311 e. The largest absolute Gasteiger partial charge is 0.464 e. The standard InChI is InChI=1S/C12H11F2NO3/c1-2-17-12-9(6-16)15-11(18-12)10-7(13)4-3-5-8(10)14/h3-5,16H,2,6H2,1H3. The summed E-state index contributed by atoms with van der Waals surface area (Å²) in [5, 5.41) is 9.05. The first-order valence-electron chi connectivity index (χ1n) is 5.35. The molecule has 0 aliphatic rings. The summed E-state index contributed by atoms with van der Waals surface area (Å²) in [6.45, 7) is 1.57. The number of halogens is 2. The van der Waals surface area contributed by atoms with Gasteiger partial charge in [-0.05, 0) is 19.1 Å². The first kappa shape index (κ1) is 12.5. The molecule has 0 aliphatic heterocycles. The van der Waals surface area contributed by atoms with E-state index >= 15 is 0 Å². The summed E-state index contributed by atoms with van der Waals surface area (Å²) in [4.78, 5) is 3.82. The third-order valence-electron chi connectivity index (χ3n) is 2.26. The number of aliphatic hydroxyl groups is 1. The fourth-order valence-electron chi connectivity index (χ4n) is 1.49. The van der Waals surface area contributed by atoms with Crippen LogP contribution in [0.2, 0.25) is 0 Å². The van der Waals surface area contributed by atoms with Crippen LogP contribution >= 0.6 is 0 Å². The van der Waals surface area contributed by atoms with Crippen LogP contribution in [0.4, 0.5) is 8.78 Å². The molecule has 18 heavy (non-hydrogen) atoms. The number of ether oxygens (including phenoxy) is 1. The summed E-state index contributed by atoms with van der Waals surface area (Å²) in [7, 11) is 0. The smallest absolute Gasteiger partial charge is 0.311 e. The molecule has 4 nitrogen and oxygen atoms in total. The predicted octanol–water partition coefficient (Wildman–Crippen LogP) is 2.51. The van der Waals surface area contributed by atoms with Gasteiger partial charge in [0.25, 0.3) is 0 Å². The molecule has 0 saturated carbocycles. The monoisotopic (exact) mass is 255 g/mol. The lowest BCUT2D eigenvalue weighted by Crippen LogP contribution is -1.94. The molecule has 2 rings (SSSR count). The number of aromatic nitrogens is 1. The minimum Gasteiger partial charge on any atom is -0.464 e. The van der Waals surface area contributed by atoms with Crippen molar-refractivity contribution in [2.75, 3.05) is 6.61 Å². The lowest BCUT2D eigenvalue weighted by molar-refractivity contribution is 0.232. The van der Waals surface area contributed by atoms with E-state index in [0.29, 0.717) is 6.61 Å². The predicted molar refractivity (Wildman–Crippen MR) is 58.9 cm³/mol. The topological polar surface area (TPSA) is 55.5 Å². The number of nitrogens with zero attached hydrogens (tertiary/aromatic N) is 1. The Morgan fingerprint density at radius 3 is 2.56 bits per heavy atom. The molecule has 0 atom stereocenters. The van der Waals surface area contributed by atoms with Crippen LogP contribution in [-0.2, 0) is 6.61 Å². The molecule has 0 amide bonds. The van der Waals surface area contributed by atoms with Crippen molar-refractivity contribution in [1.82, 2.24) is 4.98 Å². The van der Waals surface area contributed by atoms with Crippen molar-refractivity contribution in [1.29, 1.82) is 0 Å². The number of rotatable bonds is 4. The van der Waals surface area contributed by atoms with Crippen LogP contribution in [-0.4, -0.2) is 16.7 Å². The normalized spacial score (nSPS) is 10.7. The van der Waals surface area contributed by atoms with Gasteiger partial charge in [-0.25, -0.2) is 13.8 Å². The molecule has 1 heterocycles. The minimum atomic E-state index is -0.788. The first-order valence-corrected chi connectivity index (χ1v) is 5.35. The Balaban J connectivity index is 2.51. The second-order valence-corrected chi connectivity index (χ2v) is 3.44. The summed E-state index contributed by atoms with van der Waals surface area (Å²) in [5.41, 5.74) is -0.271. The first-order chi connectivity index (χ1) is 8.67. The highest BCUT2D eigenvalue weighted by atomic mass is 19.1. The van der Waals surface area contributed by atoms with Gasteiger partial charge in [-0.1, -0.05) is 6.07 Å². The van der Waals surface area contributed by atoms with Crippen LogP contribution in [0.5, 0.6) is 5.95 Å². The van der Waals surface area contributed by atoms with E-state index in [9.17, 15) is 8.78 Å². The second-order valence-electron chi connectivity index (χ2n) is 3.44. The molecular weight excluding hydrogens is 244 g/mol. The lowest BCUT2D eigenvalue weighted by atomic mass is 10.2. The van der Waals surface area contributed by atoms with Crippen LogP contribution in [0.3, 0.4) is 0 Å². The summed E-state index contributed by atoms with van der Waals surface area (Å²) in [6.07, 6.45) is 0. The van der Waals surface area contributed by atoms with Crippen LogP contribution in [0.15, 0.2) is 22.6 Å². The summed E-state index contributed by atoms with van der Waals surface area (Å²) in [6, 6.07) is 3.44. The van der Waals surface area contributed by atoms with Crippen molar-refractivity contribution in [3.63, 3.8) is 0 Å². The third kappa shape index (κ3) is 2.19. The number of aliphatic hydroxyl groups excluding tert-OH is 1. The molecule has 96 valence electrons. The molecular formula is C12H11F2NO3. The van der Waals surface area contributed by atoms with Crippen molar-refractivity contribution >= 4 is 0 Å². The Bertz CT molecular complexity index is 534. The van der Waals surface area contributed by atoms with Crippen LogP contribution in [0.25, 0.3) is 11.5 Å². The van der Waals surface area contributed by atoms with Gasteiger partial charge in [0.15, 0.2) is 5.69 Å². The van der Waals surface area contributed by atoms with Crippen molar-refractivity contribution in [3.8, 4) is 17.4 Å². The molecule has 6 heteroatoms. The van der Waals surface area contributed by atoms with E-state index in [4.69, 9.17) is 14.3 Å². The number of benzene rings is 1. The molecule has 0 saturated heterocycles. The average molecular weight is 255 g/mol. The van der Waals surface area contributed by atoms with E-state index in [1.807, 2.05) is 0 Å². The highest BCUT2D eigenvalue weighted by molar-refractivity contribution is 5.56. The summed E-state index contributed by atoms with van der Waals surface area (Å²) in [5.74, 6) is -1.86. The Morgan fingerprint density at radius 2 is 2.00 bits per heavy atom. The van der Waals surface area contributed by atoms with Gasteiger partial charge in [-0.3, -0.25) is 0 Å². The highest BCUT2D eigenvalue weighted by Gasteiger charge is 2.20. The summed E-state index contributed by atoms with van der Waals surface area (Å²) < 4.78 is 37.2. The maximum absolute atomic E-state index is 13.5. The van der Waals surface area contributed by atoms with Crippen molar-refractivity contribution < 1.29 is 23.0 Å². The molecule has 0 fully saturated rings. The number of hydrogen-bond acceptors (Lipinski definition) is 4. The Hall–Kier alpha value is -1.95. The van der Waals surface area contributed by atoms with Gasteiger partial charge < -0.3 is 14.3 Å². The van der Waals surface area contributed by atoms with Crippen molar-refractivity contribution in [2.24, 2.45) is 0 Å². The van der Waals surface area contributed by atoms with E-state index < -0.39 is 18.2 Å². The Morgan fingerprint density at radius 1 is 1.33 bits per heavy atom. The fourth-order valence-corrected chi connectivity index (χ4v) is 1.49. The average Bonchev–Trinajstić information content (AvgIpc) is 2.72. The molecule has 1 aromatic carbocycles. The molecule has 0 spiro atoms. The third-order valence-corrected chi connectivity index (χ3v) is 2.26. The summed E-state index contributed by atoms with van der Waals surface area (Å²) >= 11 is 0. The van der Waals surface area contributed by atoms with Gasteiger partial charge in [0.1, 0.15) is 17.2 Å². The van der Waals surface area contributed by atoms with Gasteiger partial charge in [-0.2, -0.15) is 0 Å².